The van der Waals surface area contributed by atoms with Gasteiger partial charge in [-0.15, -0.1) is 11.3 Å². The maximum atomic E-state index is 13.3. The summed E-state index contributed by atoms with van der Waals surface area (Å²) < 4.78 is 38.1. The molecular formula is C24H25NO5S2. The standard InChI is InChI=1S/C24H25NO5S2/c1-4-29-19-10-9-16(12-20(19)30-5-2)18-13-22(26)25-23-21(14-31-24(18)23)32(27,28)17-8-6-7-15(3)11-17/h6-12,14,18H,4-5,13H2,1-3H3,(H,25,26)/t18-/m1/s1. The van der Waals surface area contributed by atoms with Gasteiger partial charge in [0.15, 0.2) is 11.5 Å². The molecule has 168 valence electrons. The fourth-order valence-corrected chi connectivity index (χ4v) is 6.88. The Balaban J connectivity index is 1.78. The lowest BCUT2D eigenvalue weighted by Gasteiger charge is -2.24. The van der Waals surface area contributed by atoms with Crippen LogP contribution in [-0.2, 0) is 14.6 Å². The number of benzene rings is 2. The molecule has 0 spiro atoms. The molecule has 6 nitrogen and oxygen atoms in total. The van der Waals surface area contributed by atoms with Crippen LogP contribution in [0.1, 0.15) is 42.2 Å². The molecule has 0 saturated carbocycles. The Hall–Kier alpha value is -2.84. The lowest BCUT2D eigenvalue weighted by molar-refractivity contribution is -0.116. The molecule has 0 fully saturated rings. The second-order valence-electron chi connectivity index (χ2n) is 7.54. The van der Waals surface area contributed by atoms with Gasteiger partial charge in [-0.05, 0) is 56.2 Å². The van der Waals surface area contributed by atoms with Gasteiger partial charge in [-0.1, -0.05) is 18.2 Å². The third-order valence-corrected chi connectivity index (χ3v) is 8.34. The van der Waals surface area contributed by atoms with Gasteiger partial charge in [-0.2, -0.15) is 0 Å². The SMILES string of the molecule is CCOc1ccc([C@H]2CC(=O)Nc3c(S(=O)(=O)c4cccc(C)c4)csc32)cc1OCC. The number of carbonyl (C=O) groups is 1. The smallest absolute Gasteiger partial charge is 0.225 e. The van der Waals surface area contributed by atoms with Crippen molar-refractivity contribution in [1.82, 2.24) is 0 Å². The summed E-state index contributed by atoms with van der Waals surface area (Å²) in [6.45, 7) is 6.65. The van der Waals surface area contributed by atoms with E-state index in [4.69, 9.17) is 9.47 Å². The Morgan fingerprint density at radius 2 is 1.81 bits per heavy atom. The van der Waals surface area contributed by atoms with Gasteiger partial charge < -0.3 is 14.8 Å². The Bertz CT molecular complexity index is 1260. The third kappa shape index (κ3) is 4.12. The molecule has 1 aliphatic heterocycles. The number of nitrogens with one attached hydrogen (secondary N) is 1. The highest BCUT2D eigenvalue weighted by Crippen LogP contribution is 2.47. The van der Waals surface area contributed by atoms with E-state index in [-0.39, 0.29) is 28.0 Å². The Morgan fingerprint density at radius 3 is 2.53 bits per heavy atom. The summed E-state index contributed by atoms with van der Waals surface area (Å²) in [7, 11) is -3.77. The van der Waals surface area contributed by atoms with Crippen molar-refractivity contribution in [3.8, 4) is 11.5 Å². The predicted octanol–water partition coefficient (Wildman–Crippen LogP) is 5.16. The minimum Gasteiger partial charge on any atom is -0.490 e. The molecule has 1 atom stereocenters. The summed E-state index contributed by atoms with van der Waals surface area (Å²) in [4.78, 5) is 13.8. The first-order chi connectivity index (χ1) is 15.3. The first-order valence-corrected chi connectivity index (χ1v) is 12.8. The summed E-state index contributed by atoms with van der Waals surface area (Å²) in [5.41, 5.74) is 2.12. The van der Waals surface area contributed by atoms with Gasteiger partial charge in [0.1, 0.15) is 4.90 Å². The first kappa shape index (κ1) is 22.4. The number of amides is 1. The van der Waals surface area contributed by atoms with E-state index in [1.165, 1.54) is 11.3 Å². The maximum absolute atomic E-state index is 13.3. The molecule has 0 saturated heterocycles. The number of ether oxygens (including phenoxy) is 2. The van der Waals surface area contributed by atoms with Crippen LogP contribution in [-0.4, -0.2) is 27.5 Å². The molecule has 1 N–H and O–H groups in total. The Kier molecular flexibility index (Phi) is 6.26. The first-order valence-electron chi connectivity index (χ1n) is 10.5. The lowest BCUT2D eigenvalue weighted by atomic mass is 9.90. The number of hydrogen-bond acceptors (Lipinski definition) is 6. The van der Waals surface area contributed by atoms with Crippen molar-refractivity contribution in [2.24, 2.45) is 0 Å². The minimum atomic E-state index is -3.77. The summed E-state index contributed by atoms with van der Waals surface area (Å²) in [5, 5.41) is 4.43. The van der Waals surface area contributed by atoms with Crippen LogP contribution in [0.3, 0.4) is 0 Å². The summed E-state index contributed by atoms with van der Waals surface area (Å²) in [5.74, 6) is 0.782. The normalized spacial score (nSPS) is 15.7. The number of sulfone groups is 1. The van der Waals surface area contributed by atoms with Crippen LogP contribution >= 0.6 is 11.3 Å². The number of aryl methyl sites for hydroxylation is 1. The van der Waals surface area contributed by atoms with E-state index < -0.39 is 9.84 Å². The summed E-state index contributed by atoms with van der Waals surface area (Å²) in [6, 6.07) is 12.4. The number of fused-ring (bicyclic) bond motifs is 1. The van der Waals surface area contributed by atoms with Crippen LogP contribution in [0.5, 0.6) is 11.5 Å². The van der Waals surface area contributed by atoms with Gasteiger partial charge in [0.05, 0.1) is 23.8 Å². The molecule has 8 heteroatoms. The topological polar surface area (TPSA) is 81.7 Å². The zero-order valence-corrected chi connectivity index (χ0v) is 19.8. The average Bonchev–Trinajstić information content (AvgIpc) is 3.19. The van der Waals surface area contributed by atoms with E-state index in [0.29, 0.717) is 30.4 Å². The number of anilines is 1. The van der Waals surface area contributed by atoms with E-state index in [1.807, 2.05) is 45.0 Å². The quantitative estimate of drug-likeness (QED) is 0.515. The van der Waals surface area contributed by atoms with E-state index in [0.717, 1.165) is 16.0 Å². The second kappa shape index (κ2) is 8.96. The Morgan fingerprint density at radius 1 is 1.06 bits per heavy atom. The molecule has 0 aliphatic carbocycles. The van der Waals surface area contributed by atoms with E-state index in [1.54, 1.807) is 23.6 Å². The summed E-state index contributed by atoms with van der Waals surface area (Å²) >= 11 is 1.35. The average molecular weight is 472 g/mol. The van der Waals surface area contributed by atoms with E-state index in [9.17, 15) is 13.2 Å². The lowest BCUT2D eigenvalue weighted by Crippen LogP contribution is -2.23. The van der Waals surface area contributed by atoms with Gasteiger partial charge in [-0.25, -0.2) is 8.42 Å². The van der Waals surface area contributed by atoms with Crippen molar-refractivity contribution in [2.75, 3.05) is 18.5 Å². The van der Waals surface area contributed by atoms with Crippen molar-refractivity contribution < 1.29 is 22.7 Å². The van der Waals surface area contributed by atoms with Crippen molar-refractivity contribution in [3.63, 3.8) is 0 Å². The molecule has 0 bridgehead atoms. The molecule has 0 radical (unpaired) electrons. The van der Waals surface area contributed by atoms with Crippen molar-refractivity contribution in [1.29, 1.82) is 0 Å². The van der Waals surface area contributed by atoms with Crippen LogP contribution in [0, 0.1) is 6.92 Å². The molecule has 1 amide bonds. The molecule has 2 aromatic carbocycles. The van der Waals surface area contributed by atoms with Crippen LogP contribution < -0.4 is 14.8 Å². The largest absolute Gasteiger partial charge is 0.490 e. The third-order valence-electron chi connectivity index (χ3n) is 5.32. The van der Waals surface area contributed by atoms with Crippen molar-refractivity contribution in [3.05, 3.63) is 63.8 Å². The fraction of sp³-hybridized carbons (Fsp3) is 0.292. The number of hydrogen-bond donors (Lipinski definition) is 1. The fourth-order valence-electron chi connectivity index (χ4n) is 3.87. The van der Waals surface area contributed by atoms with Crippen molar-refractivity contribution >= 4 is 32.8 Å². The van der Waals surface area contributed by atoms with Crippen LogP contribution in [0.4, 0.5) is 5.69 Å². The second-order valence-corrected chi connectivity index (χ2v) is 10.4. The summed E-state index contributed by atoms with van der Waals surface area (Å²) in [6.07, 6.45) is 0.233. The van der Waals surface area contributed by atoms with Crippen LogP contribution in [0.25, 0.3) is 0 Å². The Labute approximate surface area is 192 Å². The molecule has 1 aromatic heterocycles. The van der Waals surface area contributed by atoms with Gasteiger partial charge in [-0.3, -0.25) is 4.79 Å². The number of carbonyl (C=O) groups excluding carboxylic acids is 1. The molecule has 4 rings (SSSR count). The highest BCUT2D eigenvalue weighted by Gasteiger charge is 2.34. The van der Waals surface area contributed by atoms with E-state index >= 15 is 0 Å². The minimum absolute atomic E-state index is 0.136. The molecular weight excluding hydrogens is 446 g/mol. The molecule has 3 aromatic rings. The van der Waals surface area contributed by atoms with E-state index in [2.05, 4.69) is 5.32 Å². The highest BCUT2D eigenvalue weighted by molar-refractivity contribution is 7.91. The van der Waals surface area contributed by atoms with Gasteiger partial charge in [0.2, 0.25) is 15.7 Å². The zero-order valence-electron chi connectivity index (χ0n) is 18.2. The number of thiophene rings is 1. The van der Waals surface area contributed by atoms with Gasteiger partial charge in [0, 0.05) is 22.6 Å². The molecule has 2 heterocycles. The molecule has 1 aliphatic rings. The van der Waals surface area contributed by atoms with Crippen molar-refractivity contribution in [2.45, 2.75) is 42.9 Å². The van der Waals surface area contributed by atoms with Gasteiger partial charge >= 0.3 is 0 Å². The zero-order chi connectivity index (χ0) is 22.9. The van der Waals surface area contributed by atoms with Crippen LogP contribution in [0.2, 0.25) is 0 Å². The van der Waals surface area contributed by atoms with Crippen LogP contribution in [0.15, 0.2) is 57.6 Å². The predicted molar refractivity (Wildman–Crippen MR) is 125 cm³/mol. The maximum Gasteiger partial charge on any atom is 0.225 e. The van der Waals surface area contributed by atoms with Gasteiger partial charge in [0.25, 0.3) is 0 Å². The monoisotopic (exact) mass is 471 g/mol. The highest BCUT2D eigenvalue weighted by atomic mass is 32.2. The molecule has 0 unspecified atom stereocenters. The molecule has 32 heavy (non-hydrogen) atoms. The number of rotatable bonds is 7.